The van der Waals surface area contributed by atoms with Gasteiger partial charge in [0.25, 0.3) is 0 Å². The summed E-state index contributed by atoms with van der Waals surface area (Å²) in [6, 6.07) is 0. The van der Waals surface area contributed by atoms with Gasteiger partial charge in [0.1, 0.15) is 12.2 Å². The Morgan fingerprint density at radius 3 is 2.79 bits per heavy atom. The Morgan fingerprint density at radius 1 is 1.21 bits per heavy atom. The van der Waals surface area contributed by atoms with E-state index in [-0.39, 0.29) is 5.41 Å². The lowest BCUT2D eigenvalue weighted by Crippen LogP contribution is -2.52. The highest BCUT2D eigenvalue weighted by atomic mass is 16.6. The largest absolute Gasteiger partial charge is 0.396 e. The quantitative estimate of drug-likeness (QED) is 0.428. The molecule has 4 aliphatic rings. The third kappa shape index (κ3) is 3.66. The average molecular weight is 399 g/mol. The van der Waals surface area contributed by atoms with Crippen molar-refractivity contribution in [3.05, 3.63) is 11.6 Å². The molecule has 4 nitrogen and oxygen atoms in total. The van der Waals surface area contributed by atoms with E-state index in [0.717, 1.165) is 56.2 Å². The predicted molar refractivity (Wildman–Crippen MR) is 117 cm³/mol. The van der Waals surface area contributed by atoms with Crippen molar-refractivity contribution in [2.45, 2.75) is 70.3 Å². The van der Waals surface area contributed by atoms with Crippen molar-refractivity contribution in [2.24, 2.45) is 34.2 Å². The second-order valence-electron chi connectivity index (χ2n) is 10.4. The van der Waals surface area contributed by atoms with Crippen LogP contribution in [0.4, 0.5) is 0 Å². The van der Waals surface area contributed by atoms with E-state index < -0.39 is 5.60 Å². The van der Waals surface area contributed by atoms with Gasteiger partial charge < -0.3 is 14.8 Å². The molecule has 1 N–H and O–H groups in total. The van der Waals surface area contributed by atoms with E-state index in [1.807, 2.05) is 0 Å². The fraction of sp³-hybridized carbons (Fsp3) is 0.800. The first kappa shape index (κ1) is 20.9. The van der Waals surface area contributed by atoms with Gasteiger partial charge in [-0.05, 0) is 102 Å². The molecular formula is C25H38N2O2. The molecule has 0 unspecified atom stereocenters. The molecule has 0 bridgehead atoms. The molecule has 0 radical (unpaired) electrons. The fourth-order valence-corrected chi connectivity index (χ4v) is 7.09. The number of hydrogen-bond acceptors (Lipinski definition) is 4. The van der Waals surface area contributed by atoms with Gasteiger partial charge in [-0.15, -0.1) is 6.42 Å². The van der Waals surface area contributed by atoms with Gasteiger partial charge >= 0.3 is 0 Å². The van der Waals surface area contributed by atoms with E-state index >= 15 is 0 Å². The Hall–Kier alpha value is -1.31. The summed E-state index contributed by atoms with van der Waals surface area (Å²) in [4.78, 5) is 7.76. The zero-order valence-electron chi connectivity index (χ0n) is 18.5. The molecule has 3 saturated carbocycles. The van der Waals surface area contributed by atoms with Crippen LogP contribution in [0.5, 0.6) is 0 Å². The van der Waals surface area contributed by atoms with Crippen molar-refractivity contribution in [2.75, 3.05) is 27.2 Å². The van der Waals surface area contributed by atoms with E-state index in [4.69, 9.17) is 11.3 Å². The summed E-state index contributed by atoms with van der Waals surface area (Å²) in [7, 11) is 4.17. The van der Waals surface area contributed by atoms with E-state index in [1.165, 1.54) is 25.7 Å². The van der Waals surface area contributed by atoms with Gasteiger partial charge in [0, 0.05) is 12.0 Å². The summed E-state index contributed by atoms with van der Waals surface area (Å²) in [5.74, 6) is 5.55. The lowest BCUT2D eigenvalue weighted by atomic mass is 9.50. The first-order valence-corrected chi connectivity index (χ1v) is 11.6. The zero-order chi connectivity index (χ0) is 20.6. The van der Waals surface area contributed by atoms with Crippen LogP contribution in [0.2, 0.25) is 0 Å². The maximum Gasteiger partial charge on any atom is 0.130 e. The minimum absolute atomic E-state index is 0.0915. The minimum Gasteiger partial charge on any atom is -0.396 e. The summed E-state index contributed by atoms with van der Waals surface area (Å²) in [6.45, 7) is 3.99. The molecule has 0 spiro atoms. The SMILES string of the molecule is C#C[C@]1(O)CC[C@H]2[C@@H]3CCC4=CC(=NOCCCN(C)C)CC[C@@H]4[C@H]3CC[C@@]21C. The van der Waals surface area contributed by atoms with Crippen LogP contribution in [0.25, 0.3) is 0 Å². The van der Waals surface area contributed by atoms with Gasteiger partial charge in [-0.3, -0.25) is 0 Å². The highest BCUT2D eigenvalue weighted by Crippen LogP contribution is 2.64. The monoisotopic (exact) mass is 398 g/mol. The average Bonchev–Trinajstić information content (AvgIpc) is 2.98. The molecular weight excluding hydrogens is 360 g/mol. The van der Waals surface area contributed by atoms with Crippen molar-refractivity contribution in [1.29, 1.82) is 0 Å². The third-order valence-electron chi connectivity index (χ3n) is 8.73. The van der Waals surface area contributed by atoms with Crippen LogP contribution in [-0.4, -0.2) is 48.6 Å². The molecule has 0 saturated heterocycles. The van der Waals surface area contributed by atoms with Gasteiger partial charge in [-0.2, -0.15) is 0 Å². The second-order valence-corrected chi connectivity index (χ2v) is 10.4. The number of nitrogens with zero attached hydrogens (tertiary/aromatic N) is 2. The third-order valence-corrected chi connectivity index (χ3v) is 8.73. The molecule has 0 aliphatic heterocycles. The van der Waals surface area contributed by atoms with Crippen LogP contribution in [0, 0.1) is 41.4 Å². The Balaban J connectivity index is 1.41. The number of hydrogen-bond donors (Lipinski definition) is 1. The summed E-state index contributed by atoms with van der Waals surface area (Å²) >= 11 is 0. The zero-order valence-corrected chi connectivity index (χ0v) is 18.5. The summed E-state index contributed by atoms with van der Waals surface area (Å²) in [5, 5.41) is 15.5. The van der Waals surface area contributed by atoms with Crippen LogP contribution in [0.3, 0.4) is 0 Å². The summed E-state index contributed by atoms with van der Waals surface area (Å²) < 4.78 is 0. The molecule has 0 aromatic rings. The molecule has 0 amide bonds. The number of fused-ring (bicyclic) bond motifs is 5. The normalized spacial score (nSPS) is 42.6. The van der Waals surface area contributed by atoms with Crippen LogP contribution in [0.1, 0.15) is 64.7 Å². The molecule has 29 heavy (non-hydrogen) atoms. The van der Waals surface area contributed by atoms with E-state index in [1.54, 1.807) is 5.57 Å². The smallest absolute Gasteiger partial charge is 0.130 e. The van der Waals surface area contributed by atoms with Crippen molar-refractivity contribution in [3.63, 3.8) is 0 Å². The predicted octanol–water partition coefficient (Wildman–Crippen LogP) is 4.25. The highest BCUT2D eigenvalue weighted by molar-refractivity contribution is 5.96. The first-order valence-electron chi connectivity index (χ1n) is 11.6. The molecule has 0 heterocycles. The van der Waals surface area contributed by atoms with Gasteiger partial charge in [0.15, 0.2) is 0 Å². The van der Waals surface area contributed by atoms with Crippen molar-refractivity contribution in [3.8, 4) is 12.3 Å². The van der Waals surface area contributed by atoms with Gasteiger partial charge in [-0.25, -0.2) is 0 Å². The topological polar surface area (TPSA) is 45.1 Å². The lowest BCUT2D eigenvalue weighted by molar-refractivity contribution is -0.0852. The highest BCUT2D eigenvalue weighted by Gasteiger charge is 2.61. The van der Waals surface area contributed by atoms with Crippen molar-refractivity contribution < 1.29 is 9.94 Å². The van der Waals surface area contributed by atoms with Crippen LogP contribution >= 0.6 is 0 Å². The number of allylic oxidation sites excluding steroid dienone is 2. The number of oxime groups is 1. The van der Waals surface area contributed by atoms with Gasteiger partial charge in [-0.1, -0.05) is 23.6 Å². The van der Waals surface area contributed by atoms with Gasteiger partial charge in [0.2, 0.25) is 0 Å². The molecule has 6 atom stereocenters. The number of terminal acetylenes is 1. The second kappa shape index (κ2) is 8.08. The van der Waals surface area contributed by atoms with Crippen LogP contribution in [0.15, 0.2) is 16.8 Å². The lowest BCUT2D eigenvalue weighted by Gasteiger charge is -2.54. The molecule has 160 valence electrons. The fourth-order valence-electron chi connectivity index (χ4n) is 7.09. The van der Waals surface area contributed by atoms with Crippen LogP contribution in [-0.2, 0) is 4.84 Å². The molecule has 4 heteroatoms. The Bertz CT molecular complexity index is 721. The Labute approximate surface area is 176 Å². The van der Waals surface area contributed by atoms with E-state index in [2.05, 4.69) is 43.1 Å². The summed E-state index contributed by atoms with van der Waals surface area (Å²) in [5.41, 5.74) is 1.74. The molecule has 0 aromatic carbocycles. The summed E-state index contributed by atoms with van der Waals surface area (Å²) in [6.07, 6.45) is 17.9. The molecule has 0 aromatic heterocycles. The Kier molecular flexibility index (Phi) is 5.84. The first-order chi connectivity index (χ1) is 13.9. The van der Waals surface area contributed by atoms with E-state index in [9.17, 15) is 5.11 Å². The van der Waals surface area contributed by atoms with Crippen molar-refractivity contribution in [1.82, 2.24) is 4.90 Å². The molecule has 4 rings (SSSR count). The van der Waals surface area contributed by atoms with Gasteiger partial charge in [0.05, 0.1) is 5.71 Å². The Morgan fingerprint density at radius 2 is 2.03 bits per heavy atom. The molecule has 4 aliphatic carbocycles. The van der Waals surface area contributed by atoms with E-state index in [0.29, 0.717) is 18.4 Å². The maximum atomic E-state index is 11.1. The number of rotatable bonds is 5. The standard InChI is InChI=1S/C25H38N2O2/c1-5-25(28)14-12-23-22-9-7-18-17-19(26-29-16-6-15-27(3)4)8-10-20(18)21(22)11-13-24(23,25)2/h1,17,20-23,28H,6-16H2,2-4H3/t20-,21+,22+,23-,24-,25-/m0/s1. The minimum atomic E-state index is -0.894. The molecule has 3 fully saturated rings. The number of aliphatic hydroxyl groups is 1. The maximum absolute atomic E-state index is 11.1. The van der Waals surface area contributed by atoms with Crippen LogP contribution < -0.4 is 0 Å². The van der Waals surface area contributed by atoms with Crippen molar-refractivity contribution >= 4 is 5.71 Å².